The second-order valence-corrected chi connectivity index (χ2v) is 6.84. The molecule has 1 aromatic carbocycles. The summed E-state index contributed by atoms with van der Waals surface area (Å²) in [6.07, 6.45) is 1.13. The highest BCUT2D eigenvalue weighted by molar-refractivity contribution is 7.90. The summed E-state index contributed by atoms with van der Waals surface area (Å²) in [6.45, 7) is 5.02. The van der Waals surface area contributed by atoms with E-state index in [1.165, 1.54) is 6.07 Å². The largest absolute Gasteiger partial charge is 0.436 e. The van der Waals surface area contributed by atoms with Crippen LogP contribution in [0.15, 0.2) is 27.5 Å². The summed E-state index contributed by atoms with van der Waals surface area (Å²) in [7, 11) is -3.35. The van der Waals surface area contributed by atoms with Crippen molar-refractivity contribution < 1.29 is 17.6 Å². The number of hydrogen-bond acceptors (Lipinski definition) is 5. The Bertz CT molecular complexity index is 806. The van der Waals surface area contributed by atoms with Crippen LogP contribution in [0, 0.1) is 20.8 Å². The summed E-state index contributed by atoms with van der Waals surface area (Å²) in [5, 5.41) is 2.61. The average Bonchev–Trinajstić information content (AvgIpc) is 2.69. The first-order valence-electron chi connectivity index (χ1n) is 6.24. The van der Waals surface area contributed by atoms with E-state index in [2.05, 4.69) is 10.3 Å². The number of anilines is 1. The molecule has 0 aliphatic carbocycles. The molecule has 2 aromatic rings. The van der Waals surface area contributed by atoms with E-state index in [0.717, 1.165) is 6.26 Å². The molecular weight excluding hydrogens is 292 g/mol. The van der Waals surface area contributed by atoms with E-state index in [0.29, 0.717) is 22.8 Å². The molecule has 1 amide bonds. The summed E-state index contributed by atoms with van der Waals surface area (Å²) < 4.78 is 28.6. The van der Waals surface area contributed by atoms with Gasteiger partial charge in [-0.2, -0.15) is 0 Å². The van der Waals surface area contributed by atoms with Crippen LogP contribution in [0.25, 0.3) is 0 Å². The van der Waals surface area contributed by atoms with Crippen LogP contribution < -0.4 is 5.32 Å². The molecule has 0 radical (unpaired) electrons. The van der Waals surface area contributed by atoms with Gasteiger partial charge in [-0.05, 0) is 31.5 Å². The number of oxazole rings is 1. The summed E-state index contributed by atoms with van der Waals surface area (Å²) in [5.74, 6) is 0.0590. The Morgan fingerprint density at radius 3 is 2.43 bits per heavy atom. The number of carbonyl (C=O) groups is 1. The molecule has 21 heavy (non-hydrogen) atoms. The van der Waals surface area contributed by atoms with E-state index in [-0.39, 0.29) is 10.7 Å². The quantitative estimate of drug-likeness (QED) is 0.939. The molecular formula is C14H16N2O4S. The zero-order chi connectivity index (χ0) is 15.8. The highest BCUT2D eigenvalue weighted by atomic mass is 32.2. The van der Waals surface area contributed by atoms with E-state index in [9.17, 15) is 13.2 Å². The van der Waals surface area contributed by atoms with Gasteiger partial charge >= 0.3 is 0 Å². The zero-order valence-electron chi connectivity index (χ0n) is 12.2. The molecule has 0 bridgehead atoms. The van der Waals surface area contributed by atoms with Gasteiger partial charge in [0, 0.05) is 18.9 Å². The molecule has 0 spiro atoms. The van der Waals surface area contributed by atoms with Crippen molar-refractivity contribution in [1.82, 2.24) is 4.98 Å². The van der Waals surface area contributed by atoms with Crippen molar-refractivity contribution in [2.45, 2.75) is 25.7 Å². The summed E-state index contributed by atoms with van der Waals surface area (Å²) in [4.78, 5) is 16.3. The van der Waals surface area contributed by atoms with Crippen LogP contribution in [0.3, 0.4) is 0 Å². The van der Waals surface area contributed by atoms with Crippen LogP contribution in [-0.4, -0.2) is 25.6 Å². The Balaban J connectivity index is 2.32. The average molecular weight is 308 g/mol. The van der Waals surface area contributed by atoms with E-state index >= 15 is 0 Å². The third-order valence-corrected chi connectivity index (χ3v) is 4.19. The molecule has 112 valence electrons. The zero-order valence-corrected chi connectivity index (χ0v) is 13.0. The third-order valence-electron chi connectivity index (χ3n) is 2.96. The minimum atomic E-state index is -3.35. The summed E-state index contributed by atoms with van der Waals surface area (Å²) in [6, 6.07) is 4.71. The molecule has 1 N–H and O–H groups in total. The van der Waals surface area contributed by atoms with Crippen molar-refractivity contribution in [3.8, 4) is 0 Å². The van der Waals surface area contributed by atoms with Crippen LogP contribution in [-0.2, 0) is 9.84 Å². The van der Waals surface area contributed by atoms with E-state index < -0.39 is 15.7 Å². The molecule has 2 rings (SSSR count). The molecule has 6 nitrogen and oxygen atoms in total. The number of carbonyl (C=O) groups excluding carboxylic acids is 1. The lowest BCUT2D eigenvalue weighted by Crippen LogP contribution is -2.13. The molecule has 7 heteroatoms. The highest BCUT2D eigenvalue weighted by Crippen LogP contribution is 2.21. The predicted molar refractivity (Wildman–Crippen MR) is 78.2 cm³/mol. The van der Waals surface area contributed by atoms with Gasteiger partial charge in [0.05, 0.1) is 10.6 Å². The van der Waals surface area contributed by atoms with Gasteiger partial charge in [-0.15, -0.1) is 0 Å². The number of benzene rings is 1. The van der Waals surface area contributed by atoms with Crippen LogP contribution in [0.1, 0.15) is 27.7 Å². The Morgan fingerprint density at radius 1 is 1.24 bits per heavy atom. The van der Waals surface area contributed by atoms with Crippen molar-refractivity contribution in [1.29, 1.82) is 0 Å². The van der Waals surface area contributed by atoms with Gasteiger partial charge in [-0.25, -0.2) is 13.4 Å². The number of hydrogen-bond donors (Lipinski definition) is 1. The molecule has 1 aromatic heterocycles. The lowest BCUT2D eigenvalue weighted by molar-refractivity contribution is 0.0994. The topological polar surface area (TPSA) is 89.3 Å². The number of sulfone groups is 1. The number of aryl methyl sites for hydroxylation is 3. The standard InChI is InChI=1S/C14H16N2O4S/c1-8-5-6-11(7-12(8)21(4,18)19)16-14(17)13-9(2)15-10(3)20-13/h5-7H,1-4H3,(H,16,17). The lowest BCUT2D eigenvalue weighted by Gasteiger charge is -2.08. The van der Waals surface area contributed by atoms with Crippen molar-refractivity contribution >= 4 is 21.4 Å². The minimum Gasteiger partial charge on any atom is -0.436 e. The maximum atomic E-state index is 12.1. The predicted octanol–water partition coefficient (Wildman–Crippen LogP) is 2.26. The van der Waals surface area contributed by atoms with Crippen LogP contribution >= 0.6 is 0 Å². The number of nitrogens with one attached hydrogen (secondary N) is 1. The molecule has 0 aliphatic heterocycles. The van der Waals surface area contributed by atoms with E-state index in [1.807, 2.05) is 0 Å². The van der Waals surface area contributed by atoms with Gasteiger partial charge < -0.3 is 9.73 Å². The van der Waals surface area contributed by atoms with Crippen LogP contribution in [0.4, 0.5) is 5.69 Å². The van der Waals surface area contributed by atoms with Crippen molar-refractivity contribution in [2.24, 2.45) is 0 Å². The van der Waals surface area contributed by atoms with Gasteiger partial charge in [-0.3, -0.25) is 4.79 Å². The summed E-state index contributed by atoms with van der Waals surface area (Å²) >= 11 is 0. The first-order chi connectivity index (χ1) is 9.68. The van der Waals surface area contributed by atoms with Gasteiger partial charge in [0.15, 0.2) is 15.7 Å². The molecule has 0 unspecified atom stereocenters. The number of amides is 1. The van der Waals surface area contributed by atoms with Gasteiger partial charge in [-0.1, -0.05) is 6.07 Å². The second kappa shape index (κ2) is 5.33. The van der Waals surface area contributed by atoms with E-state index in [4.69, 9.17) is 4.42 Å². The first kappa shape index (κ1) is 15.2. The van der Waals surface area contributed by atoms with Crippen molar-refractivity contribution in [2.75, 3.05) is 11.6 Å². The fourth-order valence-electron chi connectivity index (χ4n) is 2.01. The Kier molecular flexibility index (Phi) is 3.87. The smallest absolute Gasteiger partial charge is 0.293 e. The fourth-order valence-corrected chi connectivity index (χ4v) is 3.00. The summed E-state index contributed by atoms with van der Waals surface area (Å²) in [5.41, 5.74) is 1.50. The van der Waals surface area contributed by atoms with Crippen LogP contribution in [0.5, 0.6) is 0 Å². The van der Waals surface area contributed by atoms with Crippen LogP contribution in [0.2, 0.25) is 0 Å². The maximum Gasteiger partial charge on any atom is 0.293 e. The number of rotatable bonds is 3. The van der Waals surface area contributed by atoms with E-state index in [1.54, 1.807) is 32.9 Å². The lowest BCUT2D eigenvalue weighted by atomic mass is 10.2. The third kappa shape index (κ3) is 3.30. The fraction of sp³-hybridized carbons (Fsp3) is 0.286. The molecule has 0 saturated carbocycles. The van der Waals surface area contributed by atoms with Crippen molar-refractivity contribution in [3.63, 3.8) is 0 Å². The monoisotopic (exact) mass is 308 g/mol. The number of nitrogens with zero attached hydrogens (tertiary/aromatic N) is 1. The van der Waals surface area contributed by atoms with Gasteiger partial charge in [0.1, 0.15) is 0 Å². The highest BCUT2D eigenvalue weighted by Gasteiger charge is 2.17. The maximum absolute atomic E-state index is 12.1. The van der Waals surface area contributed by atoms with Gasteiger partial charge in [0.25, 0.3) is 5.91 Å². The SMILES string of the molecule is Cc1nc(C)c(C(=O)Nc2ccc(C)c(S(C)(=O)=O)c2)o1. The molecule has 0 fully saturated rings. The first-order valence-corrected chi connectivity index (χ1v) is 8.13. The Hall–Kier alpha value is -2.15. The Labute approximate surface area is 123 Å². The molecule has 1 heterocycles. The number of aromatic nitrogens is 1. The molecule has 0 aliphatic rings. The van der Waals surface area contributed by atoms with Gasteiger partial charge in [0.2, 0.25) is 5.76 Å². The Morgan fingerprint density at radius 2 is 1.90 bits per heavy atom. The molecule has 0 saturated heterocycles. The minimum absolute atomic E-state index is 0.119. The normalized spacial score (nSPS) is 11.4. The van der Waals surface area contributed by atoms with Crippen molar-refractivity contribution in [3.05, 3.63) is 41.1 Å². The molecule has 0 atom stereocenters. The second-order valence-electron chi connectivity index (χ2n) is 4.85.